The molecule has 1 saturated carbocycles. The van der Waals surface area contributed by atoms with E-state index >= 15 is 0 Å². The van der Waals surface area contributed by atoms with E-state index in [2.05, 4.69) is 36.4 Å². The summed E-state index contributed by atoms with van der Waals surface area (Å²) < 4.78 is 27.5. The second kappa shape index (κ2) is 11.6. The third-order valence-electron chi connectivity index (χ3n) is 5.15. The first-order valence-electron chi connectivity index (χ1n) is 9.95. The number of rotatable bonds is 14. The number of hydrogen-bond donors (Lipinski definition) is 0. The topological polar surface area (TPSA) is 46.2 Å². The predicted molar refractivity (Wildman–Crippen MR) is 104 cm³/mol. The van der Waals surface area contributed by atoms with Crippen LogP contribution in [-0.2, 0) is 36.9 Å². The van der Waals surface area contributed by atoms with Crippen molar-refractivity contribution >= 4 is 0 Å². The summed E-state index contributed by atoms with van der Waals surface area (Å²) in [7, 11) is 1.66. The van der Waals surface area contributed by atoms with Gasteiger partial charge < -0.3 is 23.7 Å². The van der Waals surface area contributed by atoms with Gasteiger partial charge in [-0.1, -0.05) is 36.4 Å². The van der Waals surface area contributed by atoms with Crippen molar-refractivity contribution < 1.29 is 23.7 Å². The summed E-state index contributed by atoms with van der Waals surface area (Å²) in [5, 5.41) is 0. The second-order valence-corrected chi connectivity index (χ2v) is 7.22. The summed E-state index contributed by atoms with van der Waals surface area (Å²) in [5.74, 6) is 1.40. The van der Waals surface area contributed by atoms with Crippen LogP contribution in [0.5, 0.6) is 0 Å². The molecule has 0 N–H and O–H groups in total. The van der Waals surface area contributed by atoms with Crippen LogP contribution in [0, 0.1) is 11.8 Å². The molecular formula is C22H32O5. The number of ether oxygens (including phenoxy) is 5. The Balaban J connectivity index is 1.21. The highest BCUT2D eigenvalue weighted by Gasteiger charge is 2.36. The highest BCUT2D eigenvalue weighted by atomic mass is 16.6. The summed E-state index contributed by atoms with van der Waals surface area (Å²) in [4.78, 5) is 0. The van der Waals surface area contributed by atoms with Gasteiger partial charge in [0.15, 0.2) is 0 Å². The van der Waals surface area contributed by atoms with E-state index in [9.17, 15) is 0 Å². The Morgan fingerprint density at radius 2 is 1.37 bits per heavy atom. The molecule has 3 rings (SSSR count). The number of hydrogen-bond acceptors (Lipinski definition) is 5. The van der Waals surface area contributed by atoms with Crippen molar-refractivity contribution in [2.24, 2.45) is 11.8 Å². The molecule has 0 heterocycles. The second-order valence-electron chi connectivity index (χ2n) is 7.22. The summed E-state index contributed by atoms with van der Waals surface area (Å²) in [5.41, 5.74) is 2.40. The average Bonchev–Trinajstić information content (AvgIpc) is 3.32. The van der Waals surface area contributed by atoms with Gasteiger partial charge in [-0.05, 0) is 29.9 Å². The van der Waals surface area contributed by atoms with Crippen LogP contribution in [0.1, 0.15) is 24.0 Å². The van der Waals surface area contributed by atoms with Crippen molar-refractivity contribution in [1.82, 2.24) is 0 Å². The van der Waals surface area contributed by atoms with E-state index < -0.39 is 0 Å². The van der Waals surface area contributed by atoms with E-state index in [1.165, 1.54) is 24.0 Å². The van der Waals surface area contributed by atoms with Gasteiger partial charge in [0.2, 0.25) is 0 Å². The van der Waals surface area contributed by atoms with Crippen LogP contribution in [0.3, 0.4) is 0 Å². The third-order valence-corrected chi connectivity index (χ3v) is 5.15. The van der Waals surface area contributed by atoms with Gasteiger partial charge in [0, 0.05) is 13.0 Å². The molecule has 27 heavy (non-hydrogen) atoms. The van der Waals surface area contributed by atoms with Crippen molar-refractivity contribution in [1.29, 1.82) is 0 Å². The van der Waals surface area contributed by atoms with Gasteiger partial charge >= 0.3 is 0 Å². The molecular weight excluding hydrogens is 344 g/mol. The zero-order chi connectivity index (χ0) is 18.7. The molecule has 150 valence electrons. The molecule has 3 atom stereocenters. The smallest absolute Gasteiger partial charge is 0.0720 e. The summed E-state index contributed by atoms with van der Waals surface area (Å²) in [6.45, 7) is 4.86. The predicted octanol–water partition coefficient (Wildman–Crippen LogP) is 3.36. The molecule has 0 aromatic heterocycles. The molecule has 1 aromatic rings. The Kier molecular flexibility index (Phi) is 8.78. The minimum Gasteiger partial charge on any atom is -0.382 e. The van der Waals surface area contributed by atoms with Gasteiger partial charge in [-0.15, -0.1) is 0 Å². The fourth-order valence-corrected chi connectivity index (χ4v) is 3.63. The normalized spacial score (nSPS) is 23.4. The fraction of sp³-hybridized carbons (Fsp3) is 0.636. The standard InChI is InChI=1S/C22H32O5/c1-23-8-9-24-10-11-25-12-13-26-16-18-2-4-19(5-3-18)17-27-22-15-20-6-7-21(22)14-20/h2-7,20-22H,8-17H2,1H3. The molecule has 0 radical (unpaired) electrons. The first-order chi connectivity index (χ1) is 13.3. The summed E-state index contributed by atoms with van der Waals surface area (Å²) in [6, 6.07) is 8.50. The number of benzene rings is 1. The van der Waals surface area contributed by atoms with Crippen molar-refractivity contribution in [3.05, 3.63) is 47.5 Å². The number of methoxy groups -OCH3 is 1. The zero-order valence-electron chi connectivity index (χ0n) is 16.3. The minimum absolute atomic E-state index is 0.411. The van der Waals surface area contributed by atoms with Gasteiger partial charge in [-0.2, -0.15) is 0 Å². The van der Waals surface area contributed by atoms with Crippen molar-refractivity contribution in [2.75, 3.05) is 46.8 Å². The van der Waals surface area contributed by atoms with E-state index in [4.69, 9.17) is 23.7 Å². The van der Waals surface area contributed by atoms with E-state index in [0.717, 1.165) is 5.92 Å². The highest BCUT2D eigenvalue weighted by Crippen LogP contribution is 2.40. The number of allylic oxidation sites excluding steroid dienone is 1. The average molecular weight is 376 g/mol. The maximum atomic E-state index is 6.11. The lowest BCUT2D eigenvalue weighted by molar-refractivity contribution is 0.000851. The van der Waals surface area contributed by atoms with Gasteiger partial charge in [-0.3, -0.25) is 0 Å². The lowest BCUT2D eigenvalue weighted by atomic mass is 10.0. The lowest BCUT2D eigenvalue weighted by Gasteiger charge is -2.19. The van der Waals surface area contributed by atoms with Gasteiger partial charge in [0.1, 0.15) is 0 Å². The molecule has 0 aliphatic heterocycles. The Hall–Kier alpha value is -1.24. The summed E-state index contributed by atoms with van der Waals surface area (Å²) in [6.07, 6.45) is 7.56. The van der Waals surface area contributed by atoms with Gasteiger partial charge in [-0.25, -0.2) is 0 Å². The van der Waals surface area contributed by atoms with Gasteiger partial charge in [0.25, 0.3) is 0 Å². The van der Waals surface area contributed by atoms with Crippen LogP contribution in [0.15, 0.2) is 36.4 Å². The molecule has 1 fully saturated rings. The first-order valence-corrected chi connectivity index (χ1v) is 9.95. The van der Waals surface area contributed by atoms with E-state index in [1.807, 2.05) is 0 Å². The minimum atomic E-state index is 0.411. The van der Waals surface area contributed by atoms with Crippen LogP contribution < -0.4 is 0 Å². The molecule has 3 unspecified atom stereocenters. The molecule has 2 aliphatic rings. The monoisotopic (exact) mass is 376 g/mol. The summed E-state index contributed by atoms with van der Waals surface area (Å²) >= 11 is 0. The quantitative estimate of drug-likeness (QED) is 0.368. The largest absolute Gasteiger partial charge is 0.382 e. The molecule has 0 saturated heterocycles. The Bertz CT molecular complexity index is 556. The molecule has 2 bridgehead atoms. The lowest BCUT2D eigenvalue weighted by Crippen LogP contribution is -2.17. The van der Waals surface area contributed by atoms with Crippen molar-refractivity contribution in [3.8, 4) is 0 Å². The van der Waals surface area contributed by atoms with Crippen molar-refractivity contribution in [3.63, 3.8) is 0 Å². The van der Waals surface area contributed by atoms with Crippen LogP contribution >= 0.6 is 0 Å². The molecule has 1 aromatic carbocycles. The fourth-order valence-electron chi connectivity index (χ4n) is 3.63. The number of fused-ring (bicyclic) bond motifs is 2. The third kappa shape index (κ3) is 7.01. The zero-order valence-corrected chi connectivity index (χ0v) is 16.3. The molecule has 5 heteroatoms. The van der Waals surface area contributed by atoms with E-state index in [1.54, 1.807) is 7.11 Å². The first kappa shape index (κ1) is 20.5. The SMILES string of the molecule is COCCOCCOCCOCc1ccc(COC2CC3C=CC2C3)cc1. The van der Waals surface area contributed by atoms with Crippen LogP contribution in [0.25, 0.3) is 0 Å². The van der Waals surface area contributed by atoms with Crippen LogP contribution in [0.2, 0.25) is 0 Å². The Morgan fingerprint density at radius 1 is 0.741 bits per heavy atom. The molecule has 5 nitrogen and oxygen atoms in total. The molecule has 0 amide bonds. The van der Waals surface area contributed by atoms with Crippen LogP contribution in [-0.4, -0.2) is 52.9 Å². The maximum absolute atomic E-state index is 6.11. The Morgan fingerprint density at radius 3 is 1.96 bits per heavy atom. The van der Waals surface area contributed by atoms with Crippen molar-refractivity contribution in [2.45, 2.75) is 32.2 Å². The van der Waals surface area contributed by atoms with Crippen LogP contribution in [0.4, 0.5) is 0 Å². The maximum Gasteiger partial charge on any atom is 0.0720 e. The molecule has 2 aliphatic carbocycles. The van der Waals surface area contributed by atoms with E-state index in [-0.39, 0.29) is 0 Å². The van der Waals surface area contributed by atoms with E-state index in [0.29, 0.717) is 64.9 Å². The highest BCUT2D eigenvalue weighted by molar-refractivity contribution is 5.21. The van der Waals surface area contributed by atoms with Gasteiger partial charge in [0.05, 0.1) is 59.0 Å². The Labute approximate surface area is 162 Å². The molecule has 0 spiro atoms.